The van der Waals surface area contributed by atoms with E-state index in [0.717, 1.165) is 44.1 Å². The first kappa shape index (κ1) is 32.7. The number of aromatic nitrogens is 3. The van der Waals surface area contributed by atoms with Crippen molar-refractivity contribution >= 4 is 76.5 Å². The first-order chi connectivity index (χ1) is 35.0. The second kappa shape index (κ2) is 15.4. The Morgan fingerprint density at radius 2 is 1.32 bits per heavy atom. The Hall–Kier alpha value is -7.89. The SMILES string of the molecule is [2H]c1c([2H])c([2H])c(-c2ccc3c(c2)c2ccc(Oc4cccc(N5Cn6c7c(C)cccc7c7cc(C)ccc7c7ccccc7c7cccc5c76)c4)cc2n3-c2cc(C([2H])([2H])C(C)(C)C)ccn2)c([2H])c1[2H]. The third kappa shape index (κ3) is 6.73. The number of rotatable bonds is 6. The normalized spacial score (nSPS) is 14.3. The maximum Gasteiger partial charge on any atom is 0.137 e. The lowest BCUT2D eigenvalue weighted by Gasteiger charge is -2.21. The van der Waals surface area contributed by atoms with Gasteiger partial charge in [0.1, 0.15) is 24.0 Å². The van der Waals surface area contributed by atoms with Crippen molar-refractivity contribution in [1.29, 1.82) is 0 Å². The zero-order chi connectivity index (χ0) is 50.8. The lowest BCUT2D eigenvalue weighted by atomic mass is 9.88. The molecule has 5 nitrogen and oxygen atoms in total. The summed E-state index contributed by atoms with van der Waals surface area (Å²) in [7, 11) is 0. The number of anilines is 2. The molecule has 66 heavy (non-hydrogen) atoms. The van der Waals surface area contributed by atoms with Crippen molar-refractivity contribution < 1.29 is 14.3 Å². The fourth-order valence-corrected chi connectivity index (χ4v) is 10.0. The van der Waals surface area contributed by atoms with Crippen molar-refractivity contribution in [2.45, 2.75) is 47.7 Å². The van der Waals surface area contributed by atoms with Gasteiger partial charge in [-0.2, -0.15) is 0 Å². The van der Waals surface area contributed by atoms with Gasteiger partial charge in [-0.05, 0) is 124 Å². The van der Waals surface area contributed by atoms with E-state index in [1.165, 1.54) is 43.6 Å². The van der Waals surface area contributed by atoms with Crippen molar-refractivity contribution in [2.24, 2.45) is 5.41 Å². The molecule has 3 aromatic heterocycles. The number of benzene rings is 8. The van der Waals surface area contributed by atoms with E-state index in [9.17, 15) is 0 Å². The Morgan fingerprint density at radius 1 is 0.591 bits per heavy atom. The van der Waals surface area contributed by atoms with E-state index in [-0.39, 0.29) is 17.6 Å². The molecule has 0 atom stereocenters. The molecule has 0 radical (unpaired) electrons. The van der Waals surface area contributed by atoms with E-state index >= 15 is 0 Å². The second-order valence-corrected chi connectivity index (χ2v) is 18.4. The van der Waals surface area contributed by atoms with E-state index < -0.39 is 29.9 Å². The number of pyridine rings is 1. The van der Waals surface area contributed by atoms with E-state index in [1.54, 1.807) is 24.4 Å². The van der Waals surface area contributed by atoms with Gasteiger partial charge in [-0.25, -0.2) is 4.98 Å². The summed E-state index contributed by atoms with van der Waals surface area (Å²) in [6.07, 6.45) is -0.0674. The maximum atomic E-state index is 9.15. The van der Waals surface area contributed by atoms with Crippen LogP contribution >= 0.6 is 0 Å². The molecule has 0 amide bonds. The molecular formula is C61H50N4O. The van der Waals surface area contributed by atoms with E-state index in [0.29, 0.717) is 35.1 Å². The average Bonchev–Trinajstić information content (AvgIpc) is 3.93. The quantitative estimate of drug-likeness (QED) is 0.167. The fraction of sp³-hybridized carbons (Fsp3) is 0.131. The molecule has 0 spiro atoms. The van der Waals surface area contributed by atoms with Crippen LogP contribution in [0.1, 0.15) is 47.1 Å². The lowest BCUT2D eigenvalue weighted by Crippen LogP contribution is -2.14. The summed E-state index contributed by atoms with van der Waals surface area (Å²) in [4.78, 5) is 7.16. The zero-order valence-corrected chi connectivity index (χ0v) is 37.4. The molecule has 4 heterocycles. The van der Waals surface area contributed by atoms with Gasteiger partial charge in [-0.1, -0.05) is 141 Å². The van der Waals surface area contributed by atoms with Crippen molar-refractivity contribution in [2.75, 3.05) is 4.90 Å². The summed E-state index contributed by atoms with van der Waals surface area (Å²) >= 11 is 0. The van der Waals surface area contributed by atoms with Crippen molar-refractivity contribution in [3.05, 3.63) is 205 Å². The lowest BCUT2D eigenvalue weighted by molar-refractivity contribution is 0.411. The van der Waals surface area contributed by atoms with Crippen LogP contribution in [0.15, 0.2) is 188 Å². The molecule has 0 saturated carbocycles. The minimum atomic E-state index is -1.70. The summed E-state index contributed by atoms with van der Waals surface area (Å²) in [5, 5.41) is 8.68. The predicted molar refractivity (Wildman–Crippen MR) is 277 cm³/mol. The van der Waals surface area contributed by atoms with Gasteiger partial charge in [0, 0.05) is 48.3 Å². The molecule has 1 aliphatic heterocycles. The van der Waals surface area contributed by atoms with Crippen molar-refractivity contribution in [3.8, 4) is 28.4 Å². The number of fused-ring (bicyclic) bond motifs is 10. The van der Waals surface area contributed by atoms with Crippen LogP contribution < -0.4 is 9.64 Å². The van der Waals surface area contributed by atoms with Gasteiger partial charge in [0.05, 0.1) is 34.6 Å². The van der Waals surface area contributed by atoms with Gasteiger partial charge < -0.3 is 14.2 Å². The van der Waals surface area contributed by atoms with Gasteiger partial charge in [0.25, 0.3) is 0 Å². The predicted octanol–water partition coefficient (Wildman–Crippen LogP) is 16.5. The zero-order valence-electron chi connectivity index (χ0n) is 44.4. The number of hydrogen-bond donors (Lipinski definition) is 0. The van der Waals surface area contributed by atoms with Gasteiger partial charge in [-0.3, -0.25) is 4.57 Å². The van der Waals surface area contributed by atoms with Crippen LogP contribution in [-0.2, 0) is 13.0 Å². The number of para-hydroxylation sites is 2. The highest BCUT2D eigenvalue weighted by Crippen LogP contribution is 2.44. The first-order valence-corrected chi connectivity index (χ1v) is 22.4. The summed E-state index contributed by atoms with van der Waals surface area (Å²) in [6, 6.07) is 49.9. The summed E-state index contributed by atoms with van der Waals surface area (Å²) in [5.74, 6) is 1.68. The molecule has 0 bridgehead atoms. The molecule has 11 aromatic rings. The second-order valence-electron chi connectivity index (χ2n) is 18.4. The molecule has 0 fully saturated rings. The Balaban J connectivity index is 1.01. The number of ether oxygens (including phenoxy) is 1. The van der Waals surface area contributed by atoms with Crippen LogP contribution in [0.25, 0.3) is 82.1 Å². The minimum Gasteiger partial charge on any atom is -0.457 e. The molecule has 8 aromatic carbocycles. The molecule has 12 rings (SSSR count). The van der Waals surface area contributed by atoms with Crippen LogP contribution in [0.4, 0.5) is 11.4 Å². The average molecular weight is 862 g/mol. The Morgan fingerprint density at radius 3 is 2.15 bits per heavy atom. The summed E-state index contributed by atoms with van der Waals surface area (Å²) in [5.41, 5.74) is 8.55. The molecule has 0 aliphatic carbocycles. The third-order valence-electron chi connectivity index (χ3n) is 12.7. The van der Waals surface area contributed by atoms with Crippen LogP contribution in [-0.4, -0.2) is 14.1 Å². The minimum absolute atomic E-state index is 0.111. The van der Waals surface area contributed by atoms with Crippen LogP contribution in [0, 0.1) is 19.3 Å². The van der Waals surface area contributed by atoms with E-state index in [1.807, 2.05) is 67.8 Å². The molecule has 0 N–H and O–H groups in total. The molecule has 1 aliphatic rings. The third-order valence-corrected chi connectivity index (χ3v) is 12.7. The van der Waals surface area contributed by atoms with Gasteiger partial charge >= 0.3 is 0 Å². The molecule has 5 heteroatoms. The largest absolute Gasteiger partial charge is 0.457 e. The smallest absolute Gasteiger partial charge is 0.137 e. The molecular weight excluding hydrogens is 805 g/mol. The van der Waals surface area contributed by atoms with E-state index in [4.69, 9.17) is 19.3 Å². The Labute approximate surface area is 394 Å². The number of aryl methyl sites for hydroxylation is 2. The Kier molecular flexibility index (Phi) is 7.63. The molecule has 0 saturated heterocycles. The topological polar surface area (TPSA) is 35.2 Å². The van der Waals surface area contributed by atoms with Gasteiger partial charge in [0.15, 0.2) is 0 Å². The van der Waals surface area contributed by atoms with Gasteiger partial charge in [0.2, 0.25) is 0 Å². The highest BCUT2D eigenvalue weighted by Gasteiger charge is 2.25. The highest BCUT2D eigenvalue weighted by molar-refractivity contribution is 6.21. The van der Waals surface area contributed by atoms with Crippen molar-refractivity contribution in [3.63, 3.8) is 0 Å². The Bertz CT molecular complexity index is 4200. The maximum absolute atomic E-state index is 9.15. The van der Waals surface area contributed by atoms with Crippen LogP contribution in [0.5, 0.6) is 11.5 Å². The fourth-order valence-electron chi connectivity index (χ4n) is 10.0. The van der Waals surface area contributed by atoms with E-state index in [2.05, 4.69) is 114 Å². The summed E-state index contributed by atoms with van der Waals surface area (Å²) < 4.78 is 72.1. The first-order valence-electron chi connectivity index (χ1n) is 25.9. The number of hydrogen-bond acceptors (Lipinski definition) is 3. The standard InChI is InChI=1S/C61H50N4O/c1-39-24-27-49-47-19-9-10-20-48(47)51-22-13-23-56-60(51)64(59-40(2)14-11-21-52(59)53(49)32-39)38-63(56)44-17-12-18-45(35-44)66-46-26-28-50-54-34-43(42-15-7-6-8-16-42)25-29-55(54)65(57(50)36-46)58-33-41(30-31-62-58)37-61(3,4)5/h6-36H,37-38H2,1-5H3/i6D,7D,8D,15D,16D,37D2. The molecule has 320 valence electrons. The van der Waals surface area contributed by atoms with Crippen LogP contribution in [0.2, 0.25) is 0 Å². The summed E-state index contributed by atoms with van der Waals surface area (Å²) in [6.45, 7) is 10.5. The van der Waals surface area contributed by atoms with Crippen molar-refractivity contribution in [1.82, 2.24) is 14.1 Å². The number of nitrogens with zero attached hydrogens (tertiary/aromatic N) is 4. The highest BCUT2D eigenvalue weighted by atomic mass is 16.5. The van der Waals surface area contributed by atoms with Gasteiger partial charge in [-0.15, -0.1) is 0 Å². The monoisotopic (exact) mass is 861 g/mol. The molecule has 0 unspecified atom stereocenters. The van der Waals surface area contributed by atoms with Crippen LogP contribution in [0.3, 0.4) is 0 Å².